The van der Waals surface area contributed by atoms with Gasteiger partial charge in [-0.25, -0.2) is 9.48 Å². The van der Waals surface area contributed by atoms with Gasteiger partial charge in [0.05, 0.1) is 12.1 Å². The first-order valence-electron chi connectivity index (χ1n) is 9.02. The molecule has 1 heterocycles. The van der Waals surface area contributed by atoms with Gasteiger partial charge in [0.15, 0.2) is 12.4 Å². The zero-order chi connectivity index (χ0) is 21.7. The van der Waals surface area contributed by atoms with Crippen molar-refractivity contribution in [2.75, 3.05) is 13.2 Å². The van der Waals surface area contributed by atoms with E-state index in [0.717, 1.165) is 21.4 Å². The number of rotatable bonds is 7. The first kappa shape index (κ1) is 21.2. The second kappa shape index (κ2) is 8.85. The molecular weight excluding hydrogens is 401 g/mol. The summed E-state index contributed by atoms with van der Waals surface area (Å²) >= 11 is 0. The summed E-state index contributed by atoms with van der Waals surface area (Å²) in [6.07, 6.45) is -4.50. The van der Waals surface area contributed by atoms with Crippen molar-refractivity contribution in [1.82, 2.24) is 19.7 Å². The lowest BCUT2D eigenvalue weighted by atomic mass is 10.1. The van der Waals surface area contributed by atoms with Gasteiger partial charge in [-0.3, -0.25) is 9.36 Å². The summed E-state index contributed by atoms with van der Waals surface area (Å²) in [5.74, 6) is 0.282. The van der Waals surface area contributed by atoms with Crippen LogP contribution in [-0.2, 0) is 24.6 Å². The van der Waals surface area contributed by atoms with E-state index in [-0.39, 0.29) is 37.0 Å². The van der Waals surface area contributed by atoms with Gasteiger partial charge in [0.2, 0.25) is 0 Å². The standard InChI is InChI=1S/C20H19F3N4O3/c1-26-18(14-6-5-7-15(12-14)20(21,22)23)25-27(19(26)29)11-10-24-17(28)13-30-16-8-3-2-4-9-16/h2-9,12H,10-11,13H2,1H3,(H,24,28). The van der Waals surface area contributed by atoms with Gasteiger partial charge >= 0.3 is 11.9 Å². The number of hydrogen-bond acceptors (Lipinski definition) is 4. The van der Waals surface area contributed by atoms with Crippen molar-refractivity contribution in [3.8, 4) is 17.1 Å². The summed E-state index contributed by atoms with van der Waals surface area (Å²) in [6.45, 7) is -0.0186. The predicted octanol–water partition coefficient (Wildman–Crippen LogP) is 2.46. The van der Waals surface area contributed by atoms with Gasteiger partial charge in [0, 0.05) is 19.2 Å². The summed E-state index contributed by atoms with van der Waals surface area (Å²) in [5.41, 5.74) is -1.16. The van der Waals surface area contributed by atoms with Crippen LogP contribution in [0.4, 0.5) is 13.2 Å². The number of carbonyl (C=O) groups excluding carboxylic acids is 1. The molecule has 0 aliphatic heterocycles. The Balaban J connectivity index is 1.62. The molecule has 0 atom stereocenters. The zero-order valence-corrected chi connectivity index (χ0v) is 16.0. The Morgan fingerprint density at radius 2 is 1.87 bits per heavy atom. The molecule has 0 unspecified atom stereocenters. The van der Waals surface area contributed by atoms with Crippen LogP contribution in [0.5, 0.6) is 5.75 Å². The van der Waals surface area contributed by atoms with Crippen LogP contribution < -0.4 is 15.7 Å². The van der Waals surface area contributed by atoms with Crippen molar-refractivity contribution in [3.63, 3.8) is 0 Å². The Labute approximate surface area is 169 Å². The first-order valence-corrected chi connectivity index (χ1v) is 9.02. The molecule has 0 radical (unpaired) electrons. The number of para-hydroxylation sites is 1. The van der Waals surface area contributed by atoms with Gasteiger partial charge in [0.1, 0.15) is 5.75 Å². The van der Waals surface area contributed by atoms with Crippen LogP contribution in [0.1, 0.15) is 5.56 Å². The Hall–Kier alpha value is -3.56. The minimum Gasteiger partial charge on any atom is -0.484 e. The second-order valence-corrected chi connectivity index (χ2v) is 6.42. The molecule has 0 fully saturated rings. The molecule has 7 nitrogen and oxygen atoms in total. The molecule has 0 spiro atoms. The molecule has 3 rings (SSSR count). The number of ether oxygens (including phenoxy) is 1. The van der Waals surface area contributed by atoms with E-state index in [9.17, 15) is 22.8 Å². The van der Waals surface area contributed by atoms with Crippen LogP contribution in [0.15, 0.2) is 59.4 Å². The normalized spacial score (nSPS) is 11.3. The average molecular weight is 420 g/mol. The summed E-state index contributed by atoms with van der Waals surface area (Å²) < 4.78 is 46.4. The first-order chi connectivity index (χ1) is 14.3. The Bertz CT molecular complexity index is 1070. The Morgan fingerprint density at radius 3 is 2.57 bits per heavy atom. The van der Waals surface area contributed by atoms with Crippen LogP contribution in [0.3, 0.4) is 0 Å². The fourth-order valence-electron chi connectivity index (χ4n) is 2.74. The maximum Gasteiger partial charge on any atom is 0.416 e. The zero-order valence-electron chi connectivity index (χ0n) is 16.0. The van der Waals surface area contributed by atoms with Crippen molar-refractivity contribution in [2.45, 2.75) is 12.7 Å². The fraction of sp³-hybridized carbons (Fsp3) is 0.250. The molecule has 1 N–H and O–H groups in total. The predicted molar refractivity (Wildman–Crippen MR) is 103 cm³/mol. The van der Waals surface area contributed by atoms with Gasteiger partial charge < -0.3 is 10.1 Å². The third-order valence-electron chi connectivity index (χ3n) is 4.25. The molecule has 1 amide bonds. The molecular formula is C20H19F3N4O3. The van der Waals surface area contributed by atoms with Crippen LogP contribution in [0, 0.1) is 0 Å². The van der Waals surface area contributed by atoms with Crippen LogP contribution >= 0.6 is 0 Å². The monoisotopic (exact) mass is 420 g/mol. The van der Waals surface area contributed by atoms with E-state index < -0.39 is 17.4 Å². The molecule has 0 aliphatic rings. The van der Waals surface area contributed by atoms with E-state index >= 15 is 0 Å². The minimum atomic E-state index is -4.50. The molecule has 0 saturated carbocycles. The fourth-order valence-corrected chi connectivity index (χ4v) is 2.74. The van der Waals surface area contributed by atoms with Crippen molar-refractivity contribution >= 4 is 5.91 Å². The minimum absolute atomic E-state index is 0.0582. The van der Waals surface area contributed by atoms with Crippen molar-refractivity contribution in [2.24, 2.45) is 7.05 Å². The number of aromatic nitrogens is 3. The molecule has 1 aromatic heterocycles. The van der Waals surface area contributed by atoms with Gasteiger partial charge in [0.25, 0.3) is 5.91 Å². The lowest BCUT2D eigenvalue weighted by Gasteiger charge is -2.08. The summed E-state index contributed by atoms with van der Waals surface area (Å²) in [5, 5.41) is 6.71. The lowest BCUT2D eigenvalue weighted by Crippen LogP contribution is -2.34. The summed E-state index contributed by atoms with van der Waals surface area (Å²) in [6, 6.07) is 13.4. The highest BCUT2D eigenvalue weighted by Gasteiger charge is 2.30. The molecule has 3 aromatic rings. The maximum atomic E-state index is 12.9. The number of amides is 1. The topological polar surface area (TPSA) is 78.2 Å². The number of alkyl halides is 3. The van der Waals surface area contributed by atoms with Crippen molar-refractivity contribution in [1.29, 1.82) is 0 Å². The highest BCUT2D eigenvalue weighted by atomic mass is 19.4. The van der Waals surface area contributed by atoms with E-state index in [0.29, 0.717) is 5.75 Å². The van der Waals surface area contributed by atoms with Gasteiger partial charge in [-0.2, -0.15) is 13.2 Å². The van der Waals surface area contributed by atoms with E-state index in [1.807, 2.05) is 6.07 Å². The largest absolute Gasteiger partial charge is 0.484 e. The highest BCUT2D eigenvalue weighted by molar-refractivity contribution is 5.77. The summed E-state index contributed by atoms with van der Waals surface area (Å²) in [4.78, 5) is 24.2. The van der Waals surface area contributed by atoms with Crippen molar-refractivity contribution in [3.05, 3.63) is 70.6 Å². The quantitative estimate of drug-likeness (QED) is 0.637. The highest BCUT2D eigenvalue weighted by Crippen LogP contribution is 2.31. The third kappa shape index (κ3) is 5.07. The SMILES string of the molecule is Cn1c(-c2cccc(C(F)(F)F)c2)nn(CCNC(=O)COc2ccccc2)c1=O. The van der Waals surface area contributed by atoms with E-state index in [4.69, 9.17) is 4.74 Å². The van der Waals surface area contributed by atoms with E-state index in [1.165, 1.54) is 19.2 Å². The molecule has 0 bridgehead atoms. The number of halogens is 3. The molecule has 30 heavy (non-hydrogen) atoms. The summed E-state index contributed by atoms with van der Waals surface area (Å²) in [7, 11) is 1.42. The Kier molecular flexibility index (Phi) is 6.24. The van der Waals surface area contributed by atoms with Crippen LogP contribution in [0.2, 0.25) is 0 Å². The molecule has 158 valence electrons. The van der Waals surface area contributed by atoms with Crippen LogP contribution in [-0.4, -0.2) is 33.4 Å². The maximum absolute atomic E-state index is 12.9. The number of hydrogen-bond donors (Lipinski definition) is 1. The number of nitrogens with one attached hydrogen (secondary N) is 1. The average Bonchev–Trinajstić information content (AvgIpc) is 3.01. The Morgan fingerprint density at radius 1 is 1.13 bits per heavy atom. The molecule has 2 aromatic carbocycles. The lowest BCUT2D eigenvalue weighted by molar-refractivity contribution is -0.137. The number of benzene rings is 2. The third-order valence-corrected chi connectivity index (χ3v) is 4.25. The van der Waals surface area contributed by atoms with Gasteiger partial charge in [-0.05, 0) is 24.3 Å². The number of nitrogens with zero attached hydrogens (tertiary/aromatic N) is 3. The molecule has 0 saturated heterocycles. The van der Waals surface area contributed by atoms with Crippen molar-refractivity contribution < 1.29 is 22.7 Å². The van der Waals surface area contributed by atoms with E-state index in [1.54, 1.807) is 24.3 Å². The number of carbonyl (C=O) groups is 1. The molecule has 10 heteroatoms. The van der Waals surface area contributed by atoms with Crippen LogP contribution in [0.25, 0.3) is 11.4 Å². The molecule has 0 aliphatic carbocycles. The smallest absolute Gasteiger partial charge is 0.416 e. The second-order valence-electron chi connectivity index (χ2n) is 6.42. The van der Waals surface area contributed by atoms with Gasteiger partial charge in [-0.1, -0.05) is 30.3 Å². The van der Waals surface area contributed by atoms with Gasteiger partial charge in [-0.15, -0.1) is 5.10 Å². The van der Waals surface area contributed by atoms with E-state index in [2.05, 4.69) is 10.4 Å².